The van der Waals surface area contributed by atoms with Crippen molar-refractivity contribution in [2.45, 2.75) is 25.8 Å². The Morgan fingerprint density at radius 2 is 1.61 bits per heavy atom. The van der Waals surface area contributed by atoms with Gasteiger partial charge in [-0.15, -0.1) is 0 Å². The van der Waals surface area contributed by atoms with Crippen LogP contribution in [0.25, 0.3) is 0 Å². The maximum absolute atomic E-state index is 12.6. The van der Waals surface area contributed by atoms with Crippen molar-refractivity contribution in [3.8, 4) is 5.75 Å². The molecule has 2 fully saturated rings. The van der Waals surface area contributed by atoms with Gasteiger partial charge in [-0.2, -0.15) is 0 Å². The Labute approximate surface area is 167 Å². The zero-order valence-corrected chi connectivity index (χ0v) is 16.9. The van der Waals surface area contributed by atoms with Crippen molar-refractivity contribution >= 4 is 11.8 Å². The number of carbonyl (C=O) groups is 2. The average Bonchev–Trinajstić information content (AvgIpc) is 2.77. The third kappa shape index (κ3) is 5.23. The minimum absolute atomic E-state index is 0.00990. The fourth-order valence-corrected chi connectivity index (χ4v) is 3.77. The molecule has 0 unspecified atom stereocenters. The first kappa shape index (κ1) is 20.6. The lowest BCUT2D eigenvalue weighted by atomic mass is 10.1. The molecule has 0 radical (unpaired) electrons. The Kier molecular flexibility index (Phi) is 7.28. The van der Waals surface area contributed by atoms with Crippen LogP contribution in [-0.2, 0) is 9.53 Å². The third-order valence-electron chi connectivity index (χ3n) is 5.70. The second-order valence-corrected chi connectivity index (χ2v) is 7.44. The molecule has 1 aromatic carbocycles. The Bertz CT molecular complexity index is 650. The first-order valence-corrected chi connectivity index (χ1v) is 10.1. The van der Waals surface area contributed by atoms with E-state index >= 15 is 0 Å². The molecule has 2 saturated heterocycles. The summed E-state index contributed by atoms with van der Waals surface area (Å²) in [5.41, 5.74) is 0.653. The number of ether oxygens (including phenoxy) is 2. The van der Waals surface area contributed by atoms with Gasteiger partial charge in [0.05, 0.1) is 20.3 Å². The Morgan fingerprint density at radius 3 is 2.21 bits per heavy atom. The quantitative estimate of drug-likeness (QED) is 0.738. The van der Waals surface area contributed by atoms with E-state index in [1.54, 1.807) is 31.4 Å². The molecule has 2 aliphatic heterocycles. The van der Waals surface area contributed by atoms with E-state index in [1.807, 2.05) is 9.80 Å². The van der Waals surface area contributed by atoms with E-state index in [9.17, 15) is 9.59 Å². The molecule has 2 amide bonds. The van der Waals surface area contributed by atoms with Gasteiger partial charge in [-0.3, -0.25) is 14.5 Å². The molecule has 1 aromatic rings. The number of piperazine rings is 1. The highest BCUT2D eigenvalue weighted by Gasteiger charge is 2.25. The van der Waals surface area contributed by atoms with Crippen molar-refractivity contribution < 1.29 is 19.1 Å². The summed E-state index contributed by atoms with van der Waals surface area (Å²) in [6, 6.07) is 7.55. The van der Waals surface area contributed by atoms with Crippen LogP contribution < -0.4 is 4.74 Å². The fraction of sp³-hybridized carbons (Fsp3) is 0.619. The molecule has 0 bridgehead atoms. The molecule has 7 heteroatoms. The van der Waals surface area contributed by atoms with Gasteiger partial charge in [0.25, 0.3) is 5.91 Å². The SMILES string of the molecule is COc1ccc(C(=O)N2CCN(C(=O)CC[C@H](C)N3CCOCC3)CC2)cc1. The van der Waals surface area contributed by atoms with Crippen LogP contribution in [0.5, 0.6) is 5.75 Å². The highest BCUT2D eigenvalue weighted by atomic mass is 16.5. The lowest BCUT2D eigenvalue weighted by molar-refractivity contribution is -0.133. The van der Waals surface area contributed by atoms with Crippen molar-refractivity contribution in [3.63, 3.8) is 0 Å². The number of carbonyl (C=O) groups excluding carboxylic acids is 2. The van der Waals surface area contributed by atoms with E-state index in [-0.39, 0.29) is 11.8 Å². The number of benzene rings is 1. The van der Waals surface area contributed by atoms with Crippen molar-refractivity contribution in [1.82, 2.24) is 14.7 Å². The summed E-state index contributed by atoms with van der Waals surface area (Å²) in [4.78, 5) is 31.3. The molecule has 28 heavy (non-hydrogen) atoms. The molecule has 154 valence electrons. The monoisotopic (exact) mass is 389 g/mol. The zero-order valence-electron chi connectivity index (χ0n) is 16.9. The highest BCUT2D eigenvalue weighted by Crippen LogP contribution is 2.15. The number of hydrogen-bond acceptors (Lipinski definition) is 5. The summed E-state index contributed by atoms with van der Waals surface area (Å²) in [5.74, 6) is 0.936. The average molecular weight is 389 g/mol. The Morgan fingerprint density at radius 1 is 1.00 bits per heavy atom. The van der Waals surface area contributed by atoms with E-state index in [2.05, 4.69) is 11.8 Å². The maximum Gasteiger partial charge on any atom is 0.253 e. The van der Waals surface area contributed by atoms with Crippen LogP contribution in [0.3, 0.4) is 0 Å². The minimum atomic E-state index is 0.00990. The van der Waals surface area contributed by atoms with Gasteiger partial charge >= 0.3 is 0 Å². The summed E-state index contributed by atoms with van der Waals surface area (Å²) in [7, 11) is 1.61. The van der Waals surface area contributed by atoms with Gasteiger partial charge in [-0.1, -0.05) is 0 Å². The number of amides is 2. The smallest absolute Gasteiger partial charge is 0.253 e. The molecular weight excluding hydrogens is 358 g/mol. The van der Waals surface area contributed by atoms with Gasteiger partial charge in [0, 0.05) is 57.3 Å². The van der Waals surface area contributed by atoms with Crippen molar-refractivity contribution in [2.75, 3.05) is 59.6 Å². The van der Waals surface area contributed by atoms with Gasteiger partial charge in [0.1, 0.15) is 5.75 Å². The van der Waals surface area contributed by atoms with Crippen LogP contribution >= 0.6 is 0 Å². The van der Waals surface area contributed by atoms with Gasteiger partial charge in [0.15, 0.2) is 0 Å². The van der Waals surface area contributed by atoms with Gasteiger partial charge < -0.3 is 19.3 Å². The zero-order chi connectivity index (χ0) is 19.9. The van der Waals surface area contributed by atoms with Gasteiger partial charge in [-0.05, 0) is 37.6 Å². The second kappa shape index (κ2) is 9.89. The predicted octanol–water partition coefficient (Wildman–Crippen LogP) is 1.48. The summed E-state index contributed by atoms with van der Waals surface area (Å²) in [5, 5.41) is 0. The maximum atomic E-state index is 12.6. The van der Waals surface area contributed by atoms with Crippen LogP contribution in [-0.4, -0.2) is 92.1 Å². The molecule has 1 atom stereocenters. The molecular formula is C21H31N3O4. The molecule has 0 N–H and O–H groups in total. The molecule has 0 saturated carbocycles. The summed E-state index contributed by atoms with van der Waals surface area (Å²) < 4.78 is 10.5. The van der Waals surface area contributed by atoms with Crippen LogP contribution in [0, 0.1) is 0 Å². The lowest BCUT2D eigenvalue weighted by Crippen LogP contribution is -2.50. The van der Waals surface area contributed by atoms with E-state index in [4.69, 9.17) is 9.47 Å². The molecule has 2 heterocycles. The van der Waals surface area contributed by atoms with Crippen molar-refractivity contribution in [3.05, 3.63) is 29.8 Å². The first-order chi connectivity index (χ1) is 13.6. The van der Waals surface area contributed by atoms with Crippen LogP contribution in [0.1, 0.15) is 30.1 Å². The standard InChI is InChI=1S/C21H31N3O4/c1-17(22-13-15-28-16-14-22)3-8-20(25)23-9-11-24(12-10-23)21(26)18-4-6-19(27-2)7-5-18/h4-7,17H,3,8-16H2,1-2H3/t17-/m0/s1. The van der Waals surface area contributed by atoms with E-state index < -0.39 is 0 Å². The van der Waals surface area contributed by atoms with E-state index in [0.29, 0.717) is 44.2 Å². The Balaban J connectivity index is 1.42. The van der Waals surface area contributed by atoms with E-state index in [0.717, 1.165) is 38.5 Å². The summed E-state index contributed by atoms with van der Waals surface area (Å²) in [6.07, 6.45) is 1.43. The molecule has 3 rings (SSSR count). The minimum Gasteiger partial charge on any atom is -0.497 e. The Hall–Kier alpha value is -2.12. The predicted molar refractivity (Wildman–Crippen MR) is 107 cm³/mol. The van der Waals surface area contributed by atoms with Crippen LogP contribution in [0.4, 0.5) is 0 Å². The third-order valence-corrected chi connectivity index (χ3v) is 5.70. The topological polar surface area (TPSA) is 62.3 Å². The fourth-order valence-electron chi connectivity index (χ4n) is 3.77. The number of rotatable bonds is 6. The first-order valence-electron chi connectivity index (χ1n) is 10.1. The number of nitrogens with zero attached hydrogens (tertiary/aromatic N) is 3. The largest absolute Gasteiger partial charge is 0.497 e. The number of hydrogen-bond donors (Lipinski definition) is 0. The normalized spacial score (nSPS) is 19.4. The van der Waals surface area contributed by atoms with Crippen molar-refractivity contribution in [1.29, 1.82) is 0 Å². The molecule has 7 nitrogen and oxygen atoms in total. The number of morpholine rings is 1. The van der Waals surface area contributed by atoms with E-state index in [1.165, 1.54) is 0 Å². The second-order valence-electron chi connectivity index (χ2n) is 7.44. The van der Waals surface area contributed by atoms with Gasteiger partial charge in [-0.25, -0.2) is 0 Å². The molecule has 2 aliphatic rings. The van der Waals surface area contributed by atoms with Crippen LogP contribution in [0.2, 0.25) is 0 Å². The molecule has 0 spiro atoms. The highest BCUT2D eigenvalue weighted by molar-refractivity contribution is 5.94. The van der Waals surface area contributed by atoms with Crippen LogP contribution in [0.15, 0.2) is 24.3 Å². The summed E-state index contributed by atoms with van der Waals surface area (Å²) in [6.45, 7) is 8.00. The summed E-state index contributed by atoms with van der Waals surface area (Å²) >= 11 is 0. The van der Waals surface area contributed by atoms with Gasteiger partial charge in [0.2, 0.25) is 5.91 Å². The molecule has 0 aromatic heterocycles. The van der Waals surface area contributed by atoms with Crippen molar-refractivity contribution in [2.24, 2.45) is 0 Å². The number of methoxy groups -OCH3 is 1. The lowest BCUT2D eigenvalue weighted by Gasteiger charge is -2.36. The molecule has 0 aliphatic carbocycles.